The number of hydrogen-bond donors (Lipinski definition) is 4. The van der Waals surface area contributed by atoms with Crippen molar-refractivity contribution in [2.75, 3.05) is 10.6 Å². The molecule has 0 saturated carbocycles. The highest BCUT2D eigenvalue weighted by Gasteiger charge is 2.07. The summed E-state index contributed by atoms with van der Waals surface area (Å²) in [5.74, 6) is 1.64. The molecule has 0 bridgehead atoms. The molecule has 0 unspecified atom stereocenters. The lowest BCUT2D eigenvalue weighted by Crippen LogP contribution is -2.00. The Hall–Kier alpha value is -3.28. The Morgan fingerprint density at radius 2 is 1.21 bits per heavy atom. The third-order valence-electron chi connectivity index (χ3n) is 3.80. The molecule has 6 nitrogen and oxygen atoms in total. The van der Waals surface area contributed by atoms with Gasteiger partial charge in [0.25, 0.3) is 0 Å². The summed E-state index contributed by atoms with van der Waals surface area (Å²) in [5, 5.41) is 25.9. The second-order valence-electron chi connectivity index (χ2n) is 5.44. The van der Waals surface area contributed by atoms with Gasteiger partial charge in [0.2, 0.25) is 0 Å². The second-order valence-corrected chi connectivity index (χ2v) is 5.44. The van der Waals surface area contributed by atoms with Crippen LogP contribution in [0.15, 0.2) is 48.8 Å². The van der Waals surface area contributed by atoms with E-state index in [2.05, 4.69) is 20.6 Å². The van der Waals surface area contributed by atoms with Crippen LogP contribution in [0.25, 0.3) is 0 Å². The third-order valence-corrected chi connectivity index (χ3v) is 3.80. The maximum absolute atomic E-state index is 9.78. The molecule has 6 heteroatoms. The predicted molar refractivity (Wildman–Crippen MR) is 94.3 cm³/mol. The number of aromatic nitrogens is 2. The van der Waals surface area contributed by atoms with E-state index < -0.39 is 0 Å². The lowest BCUT2D eigenvalue weighted by molar-refractivity contribution is 0.471. The van der Waals surface area contributed by atoms with Gasteiger partial charge in [0.1, 0.15) is 29.5 Å². The smallest absolute Gasteiger partial charge is 0.135 e. The van der Waals surface area contributed by atoms with Crippen LogP contribution in [-0.4, -0.2) is 20.2 Å². The Labute approximate surface area is 139 Å². The molecular formula is C18H18N4O2. The fourth-order valence-corrected chi connectivity index (χ4v) is 2.29. The largest absolute Gasteiger partial charge is 0.508 e. The standard InChI is InChI=1S/C18H18N4O2/c1-11-13(5-3-7-15(11)23)21-17-9-18(20-10-19-17)22-14-6-4-8-16(24)12(14)2/h3-10,23-24H,1-2H3,(H2,19,20,21,22). The van der Waals surface area contributed by atoms with Gasteiger partial charge < -0.3 is 20.8 Å². The van der Waals surface area contributed by atoms with Crippen molar-refractivity contribution in [2.24, 2.45) is 0 Å². The first-order chi connectivity index (χ1) is 11.5. The van der Waals surface area contributed by atoms with Gasteiger partial charge in [-0.2, -0.15) is 0 Å². The summed E-state index contributed by atoms with van der Waals surface area (Å²) in [6, 6.07) is 12.3. The van der Waals surface area contributed by atoms with E-state index in [1.165, 1.54) is 6.33 Å². The normalized spacial score (nSPS) is 10.4. The Balaban J connectivity index is 1.84. The van der Waals surface area contributed by atoms with Crippen molar-refractivity contribution in [2.45, 2.75) is 13.8 Å². The van der Waals surface area contributed by atoms with Crippen LogP contribution in [0, 0.1) is 13.8 Å². The number of aromatic hydroxyl groups is 2. The van der Waals surface area contributed by atoms with Crippen LogP contribution in [0.3, 0.4) is 0 Å². The van der Waals surface area contributed by atoms with Crippen LogP contribution in [0.4, 0.5) is 23.0 Å². The second kappa shape index (κ2) is 6.45. The van der Waals surface area contributed by atoms with E-state index in [9.17, 15) is 10.2 Å². The number of nitrogens with one attached hydrogen (secondary N) is 2. The summed E-state index contributed by atoms with van der Waals surface area (Å²) in [6.07, 6.45) is 1.45. The molecule has 0 aliphatic rings. The molecule has 0 fully saturated rings. The lowest BCUT2D eigenvalue weighted by atomic mass is 10.2. The van der Waals surface area contributed by atoms with E-state index >= 15 is 0 Å². The molecule has 122 valence electrons. The topological polar surface area (TPSA) is 90.3 Å². The van der Waals surface area contributed by atoms with E-state index in [-0.39, 0.29) is 11.5 Å². The maximum atomic E-state index is 9.78. The van der Waals surface area contributed by atoms with Crippen LogP contribution < -0.4 is 10.6 Å². The summed E-state index contributed by atoms with van der Waals surface area (Å²) >= 11 is 0. The minimum Gasteiger partial charge on any atom is -0.508 e. The van der Waals surface area contributed by atoms with Gasteiger partial charge >= 0.3 is 0 Å². The van der Waals surface area contributed by atoms with Crippen molar-refractivity contribution >= 4 is 23.0 Å². The zero-order valence-corrected chi connectivity index (χ0v) is 13.4. The number of rotatable bonds is 4. The summed E-state index contributed by atoms with van der Waals surface area (Å²) < 4.78 is 0. The summed E-state index contributed by atoms with van der Waals surface area (Å²) in [4.78, 5) is 8.39. The average Bonchev–Trinajstić information content (AvgIpc) is 2.57. The molecule has 0 radical (unpaired) electrons. The molecule has 0 saturated heterocycles. The number of nitrogens with zero attached hydrogens (tertiary/aromatic N) is 2. The Morgan fingerprint density at radius 3 is 1.67 bits per heavy atom. The monoisotopic (exact) mass is 322 g/mol. The average molecular weight is 322 g/mol. The first kappa shape index (κ1) is 15.6. The molecular weight excluding hydrogens is 304 g/mol. The Bertz CT molecular complexity index is 812. The quantitative estimate of drug-likeness (QED) is 0.580. The van der Waals surface area contributed by atoms with E-state index in [1.807, 2.05) is 26.0 Å². The van der Waals surface area contributed by atoms with Crippen LogP contribution >= 0.6 is 0 Å². The number of benzene rings is 2. The fraction of sp³-hybridized carbons (Fsp3) is 0.111. The molecule has 4 N–H and O–H groups in total. The molecule has 2 aromatic carbocycles. The number of hydrogen-bond acceptors (Lipinski definition) is 6. The predicted octanol–water partition coefficient (Wildman–Crippen LogP) is 3.99. The number of phenolic OH excluding ortho intramolecular Hbond substituents is 2. The molecule has 24 heavy (non-hydrogen) atoms. The highest BCUT2D eigenvalue weighted by molar-refractivity contribution is 5.68. The zero-order valence-electron chi connectivity index (χ0n) is 13.4. The van der Waals surface area contributed by atoms with Crippen LogP contribution in [0.2, 0.25) is 0 Å². The van der Waals surface area contributed by atoms with Crippen LogP contribution in [0.1, 0.15) is 11.1 Å². The van der Waals surface area contributed by atoms with E-state index in [1.54, 1.807) is 30.3 Å². The molecule has 1 aromatic heterocycles. The van der Waals surface area contributed by atoms with E-state index in [0.717, 1.165) is 22.5 Å². The van der Waals surface area contributed by atoms with Gasteiger partial charge in [0.05, 0.1) is 0 Å². The minimum absolute atomic E-state index is 0.225. The molecule has 0 aliphatic carbocycles. The number of anilines is 4. The summed E-state index contributed by atoms with van der Waals surface area (Å²) in [7, 11) is 0. The van der Waals surface area contributed by atoms with Gasteiger partial charge in [0.15, 0.2) is 0 Å². The van der Waals surface area contributed by atoms with Crippen molar-refractivity contribution in [1.29, 1.82) is 0 Å². The van der Waals surface area contributed by atoms with E-state index in [0.29, 0.717) is 11.6 Å². The summed E-state index contributed by atoms with van der Waals surface area (Å²) in [6.45, 7) is 3.66. The number of phenols is 2. The molecule has 0 spiro atoms. The molecule has 3 aromatic rings. The van der Waals surface area contributed by atoms with Crippen molar-refractivity contribution < 1.29 is 10.2 Å². The SMILES string of the molecule is Cc1c(O)cccc1Nc1cc(Nc2cccc(O)c2C)ncn1. The van der Waals surface area contributed by atoms with Crippen molar-refractivity contribution in [3.8, 4) is 11.5 Å². The van der Waals surface area contributed by atoms with Crippen molar-refractivity contribution in [1.82, 2.24) is 9.97 Å². The molecule has 1 heterocycles. The zero-order chi connectivity index (χ0) is 17.1. The molecule has 0 atom stereocenters. The first-order valence-electron chi connectivity index (χ1n) is 7.48. The van der Waals surface area contributed by atoms with Crippen molar-refractivity contribution in [3.63, 3.8) is 0 Å². The van der Waals surface area contributed by atoms with Gasteiger partial charge in [-0.25, -0.2) is 9.97 Å². The van der Waals surface area contributed by atoms with Gasteiger partial charge in [-0.15, -0.1) is 0 Å². The highest BCUT2D eigenvalue weighted by atomic mass is 16.3. The van der Waals surface area contributed by atoms with Crippen LogP contribution in [-0.2, 0) is 0 Å². The molecule has 3 rings (SSSR count). The minimum atomic E-state index is 0.225. The van der Waals surface area contributed by atoms with Gasteiger partial charge in [-0.1, -0.05) is 12.1 Å². The Morgan fingerprint density at radius 1 is 0.750 bits per heavy atom. The van der Waals surface area contributed by atoms with Crippen LogP contribution in [0.5, 0.6) is 11.5 Å². The summed E-state index contributed by atoms with van der Waals surface area (Å²) in [5.41, 5.74) is 3.03. The van der Waals surface area contributed by atoms with Gasteiger partial charge in [-0.05, 0) is 38.1 Å². The lowest BCUT2D eigenvalue weighted by Gasteiger charge is -2.12. The maximum Gasteiger partial charge on any atom is 0.135 e. The van der Waals surface area contributed by atoms with Gasteiger partial charge in [-0.3, -0.25) is 0 Å². The third kappa shape index (κ3) is 3.22. The first-order valence-corrected chi connectivity index (χ1v) is 7.48. The Kier molecular flexibility index (Phi) is 4.20. The fourth-order valence-electron chi connectivity index (χ4n) is 2.29. The van der Waals surface area contributed by atoms with E-state index in [4.69, 9.17) is 0 Å². The van der Waals surface area contributed by atoms with Gasteiger partial charge in [0, 0.05) is 28.6 Å². The highest BCUT2D eigenvalue weighted by Crippen LogP contribution is 2.29. The van der Waals surface area contributed by atoms with Crippen molar-refractivity contribution in [3.05, 3.63) is 59.9 Å². The molecule has 0 amide bonds. The molecule has 0 aliphatic heterocycles.